The van der Waals surface area contributed by atoms with Gasteiger partial charge in [-0.15, -0.1) is 0 Å². The van der Waals surface area contributed by atoms with Crippen molar-refractivity contribution in [3.8, 4) is 0 Å². The van der Waals surface area contributed by atoms with Gasteiger partial charge in [0.05, 0.1) is 5.52 Å². The van der Waals surface area contributed by atoms with Crippen LogP contribution in [0.25, 0.3) is 11.0 Å². The highest BCUT2D eigenvalue weighted by Crippen LogP contribution is 2.34. The minimum absolute atomic E-state index is 0.161. The molecule has 4 heteroatoms. The highest BCUT2D eigenvalue weighted by molar-refractivity contribution is 5.76. The first-order valence-corrected chi connectivity index (χ1v) is 6.05. The molecule has 2 aromatic rings. The normalized spacial score (nSPS) is 24.6. The summed E-state index contributed by atoms with van der Waals surface area (Å²) in [5.41, 5.74) is 7.40. The van der Waals surface area contributed by atoms with Crippen molar-refractivity contribution in [2.45, 2.75) is 31.2 Å². The maximum Gasteiger partial charge on any atom is 0.151 e. The molecule has 17 heavy (non-hydrogen) atoms. The van der Waals surface area contributed by atoms with Crippen molar-refractivity contribution in [2.75, 3.05) is 0 Å². The number of hydrogen-bond donors (Lipinski definition) is 1. The maximum absolute atomic E-state index is 13.7. The predicted molar refractivity (Wildman–Crippen MR) is 65.2 cm³/mol. The first-order chi connectivity index (χ1) is 8.18. The van der Waals surface area contributed by atoms with Crippen LogP contribution in [0.4, 0.5) is 4.39 Å². The second-order valence-electron chi connectivity index (χ2n) is 4.84. The molecule has 0 spiro atoms. The summed E-state index contributed by atoms with van der Waals surface area (Å²) in [7, 11) is 1.94. The van der Waals surface area contributed by atoms with E-state index >= 15 is 0 Å². The number of nitrogens with zero attached hydrogens (tertiary/aromatic N) is 2. The number of imidazole rings is 1. The molecule has 0 saturated heterocycles. The van der Waals surface area contributed by atoms with Gasteiger partial charge in [-0.2, -0.15) is 0 Å². The van der Waals surface area contributed by atoms with Gasteiger partial charge in [-0.3, -0.25) is 0 Å². The summed E-state index contributed by atoms with van der Waals surface area (Å²) < 4.78 is 15.6. The molecule has 2 N–H and O–H groups in total. The predicted octanol–water partition coefficient (Wildman–Crippen LogP) is 2.31. The van der Waals surface area contributed by atoms with E-state index in [2.05, 4.69) is 4.98 Å². The molecule has 1 aromatic carbocycles. The minimum Gasteiger partial charge on any atom is -0.331 e. The summed E-state index contributed by atoms with van der Waals surface area (Å²) in [6, 6.07) is 5.23. The lowest BCUT2D eigenvalue weighted by Gasteiger charge is -2.14. The van der Waals surface area contributed by atoms with Crippen LogP contribution in [-0.2, 0) is 7.05 Å². The SMILES string of the molecule is Cn1c(C2CCCC2N)nc2c(F)cccc21. The molecular formula is C13H16FN3. The number of hydrogen-bond acceptors (Lipinski definition) is 2. The van der Waals surface area contributed by atoms with Crippen LogP contribution in [-0.4, -0.2) is 15.6 Å². The van der Waals surface area contributed by atoms with Crippen molar-refractivity contribution >= 4 is 11.0 Å². The monoisotopic (exact) mass is 233 g/mol. The van der Waals surface area contributed by atoms with Crippen molar-refractivity contribution in [1.82, 2.24) is 9.55 Å². The number of nitrogens with two attached hydrogens (primary N) is 1. The number of rotatable bonds is 1. The van der Waals surface area contributed by atoms with Crippen LogP contribution in [0.5, 0.6) is 0 Å². The summed E-state index contributed by atoms with van der Waals surface area (Å²) >= 11 is 0. The molecule has 1 aliphatic carbocycles. The summed E-state index contributed by atoms with van der Waals surface area (Å²) in [6.07, 6.45) is 3.23. The quantitative estimate of drug-likeness (QED) is 0.821. The van der Waals surface area contributed by atoms with Gasteiger partial charge >= 0.3 is 0 Å². The Morgan fingerprint density at radius 1 is 1.41 bits per heavy atom. The van der Waals surface area contributed by atoms with E-state index in [1.807, 2.05) is 17.7 Å². The lowest BCUT2D eigenvalue weighted by molar-refractivity contribution is 0.564. The summed E-state index contributed by atoms with van der Waals surface area (Å²) in [6.45, 7) is 0. The Labute approximate surface area is 99.4 Å². The number of fused-ring (bicyclic) bond motifs is 1. The van der Waals surface area contributed by atoms with Crippen LogP contribution in [0.1, 0.15) is 31.0 Å². The Kier molecular flexibility index (Phi) is 2.40. The Morgan fingerprint density at radius 3 is 2.88 bits per heavy atom. The van der Waals surface area contributed by atoms with Crippen molar-refractivity contribution in [3.05, 3.63) is 29.8 Å². The van der Waals surface area contributed by atoms with Crippen molar-refractivity contribution < 1.29 is 4.39 Å². The summed E-state index contributed by atoms with van der Waals surface area (Å²) in [5, 5.41) is 0. The maximum atomic E-state index is 13.7. The second kappa shape index (κ2) is 3.81. The zero-order chi connectivity index (χ0) is 12.0. The third-order valence-corrected chi connectivity index (χ3v) is 3.80. The average molecular weight is 233 g/mol. The van der Waals surface area contributed by atoms with Gasteiger partial charge in [-0.25, -0.2) is 9.37 Å². The van der Waals surface area contributed by atoms with E-state index in [4.69, 9.17) is 5.73 Å². The number of para-hydroxylation sites is 1. The Balaban J connectivity index is 2.17. The van der Waals surface area contributed by atoms with E-state index in [9.17, 15) is 4.39 Å². The van der Waals surface area contributed by atoms with Crippen LogP contribution in [0.2, 0.25) is 0 Å². The molecule has 90 valence electrons. The molecule has 0 aliphatic heterocycles. The van der Waals surface area contributed by atoms with E-state index < -0.39 is 0 Å². The van der Waals surface area contributed by atoms with Crippen molar-refractivity contribution in [2.24, 2.45) is 12.8 Å². The third kappa shape index (κ3) is 1.55. The topological polar surface area (TPSA) is 43.8 Å². The van der Waals surface area contributed by atoms with Gasteiger partial charge in [0.2, 0.25) is 0 Å². The highest BCUT2D eigenvalue weighted by Gasteiger charge is 2.29. The number of halogens is 1. The molecule has 1 saturated carbocycles. The third-order valence-electron chi connectivity index (χ3n) is 3.80. The average Bonchev–Trinajstić information content (AvgIpc) is 2.85. The lowest BCUT2D eigenvalue weighted by atomic mass is 10.0. The Hall–Kier alpha value is -1.42. The summed E-state index contributed by atoms with van der Waals surface area (Å²) in [5.74, 6) is 0.942. The van der Waals surface area contributed by atoms with E-state index in [1.54, 1.807) is 6.07 Å². The molecule has 1 aromatic heterocycles. The molecule has 2 atom stereocenters. The van der Waals surface area contributed by atoms with Gasteiger partial charge in [0.25, 0.3) is 0 Å². The number of benzene rings is 1. The molecule has 0 bridgehead atoms. The van der Waals surface area contributed by atoms with E-state index in [0.717, 1.165) is 30.6 Å². The molecule has 1 fully saturated rings. The molecule has 3 rings (SSSR count). The van der Waals surface area contributed by atoms with E-state index in [-0.39, 0.29) is 17.8 Å². The van der Waals surface area contributed by atoms with E-state index in [1.165, 1.54) is 6.07 Å². The summed E-state index contributed by atoms with van der Waals surface area (Å²) in [4.78, 5) is 4.45. The van der Waals surface area contributed by atoms with Crippen LogP contribution in [0, 0.1) is 5.82 Å². The van der Waals surface area contributed by atoms with Crippen molar-refractivity contribution in [1.29, 1.82) is 0 Å². The van der Waals surface area contributed by atoms with Crippen molar-refractivity contribution in [3.63, 3.8) is 0 Å². The van der Waals surface area contributed by atoms with Crippen LogP contribution < -0.4 is 5.73 Å². The van der Waals surface area contributed by atoms with Gasteiger partial charge in [-0.05, 0) is 25.0 Å². The fraction of sp³-hybridized carbons (Fsp3) is 0.462. The van der Waals surface area contributed by atoms with Crippen LogP contribution in [0.3, 0.4) is 0 Å². The molecule has 0 radical (unpaired) electrons. The first kappa shape index (κ1) is 10.7. The second-order valence-corrected chi connectivity index (χ2v) is 4.84. The zero-order valence-electron chi connectivity index (χ0n) is 9.86. The fourth-order valence-electron chi connectivity index (χ4n) is 2.84. The molecular weight excluding hydrogens is 217 g/mol. The molecule has 2 unspecified atom stereocenters. The number of aryl methyl sites for hydroxylation is 1. The smallest absolute Gasteiger partial charge is 0.151 e. The standard InChI is InChI=1S/C13H16FN3/c1-17-11-7-3-5-9(14)12(11)16-13(17)8-4-2-6-10(8)15/h3,5,7-8,10H,2,4,6,15H2,1H3. The fourth-order valence-corrected chi connectivity index (χ4v) is 2.84. The lowest BCUT2D eigenvalue weighted by Crippen LogP contribution is -2.24. The Morgan fingerprint density at radius 2 is 2.24 bits per heavy atom. The van der Waals surface area contributed by atoms with Gasteiger partial charge in [0.15, 0.2) is 5.82 Å². The van der Waals surface area contributed by atoms with Gasteiger partial charge < -0.3 is 10.3 Å². The van der Waals surface area contributed by atoms with Gasteiger partial charge in [-0.1, -0.05) is 12.5 Å². The highest BCUT2D eigenvalue weighted by atomic mass is 19.1. The van der Waals surface area contributed by atoms with E-state index in [0.29, 0.717) is 5.52 Å². The molecule has 1 heterocycles. The zero-order valence-corrected chi connectivity index (χ0v) is 9.86. The molecule has 0 amide bonds. The Bertz CT molecular complexity index is 561. The van der Waals surface area contributed by atoms with Gasteiger partial charge in [0.1, 0.15) is 11.3 Å². The molecule has 3 nitrogen and oxygen atoms in total. The number of aromatic nitrogens is 2. The van der Waals surface area contributed by atoms with Gasteiger partial charge in [0, 0.05) is 19.0 Å². The minimum atomic E-state index is -0.254. The first-order valence-electron chi connectivity index (χ1n) is 6.05. The molecule has 1 aliphatic rings. The van der Waals surface area contributed by atoms with Crippen LogP contribution >= 0.6 is 0 Å². The van der Waals surface area contributed by atoms with Crippen LogP contribution in [0.15, 0.2) is 18.2 Å². The largest absolute Gasteiger partial charge is 0.331 e.